The molecule has 1 saturated carbocycles. The van der Waals surface area contributed by atoms with Crippen LogP contribution in [-0.4, -0.2) is 62.9 Å². The lowest BCUT2D eigenvalue weighted by molar-refractivity contribution is 0.0110. The number of methoxy groups -OCH3 is 1. The lowest BCUT2D eigenvalue weighted by Gasteiger charge is -2.41. The Balaban J connectivity index is 1.30. The highest BCUT2D eigenvalue weighted by Gasteiger charge is 2.31. The van der Waals surface area contributed by atoms with Gasteiger partial charge in [-0.15, -0.1) is 0 Å². The summed E-state index contributed by atoms with van der Waals surface area (Å²) >= 11 is 0. The molecule has 4 heteroatoms. The van der Waals surface area contributed by atoms with Crippen LogP contribution in [0.1, 0.15) is 38.5 Å². The molecule has 116 valence electrons. The van der Waals surface area contributed by atoms with Crippen LogP contribution in [0.4, 0.5) is 0 Å². The highest BCUT2D eigenvalue weighted by Crippen LogP contribution is 2.25. The van der Waals surface area contributed by atoms with Crippen molar-refractivity contribution in [3.05, 3.63) is 0 Å². The fraction of sp³-hybridized carbons (Fsp3) is 1.00. The molecule has 2 saturated heterocycles. The first-order valence-corrected chi connectivity index (χ1v) is 8.55. The first-order chi connectivity index (χ1) is 9.83. The number of hydrogen-bond donors (Lipinski definition) is 2. The van der Waals surface area contributed by atoms with E-state index in [4.69, 9.17) is 4.74 Å². The third-order valence-electron chi connectivity index (χ3n) is 5.46. The monoisotopic (exact) mass is 281 g/mol. The van der Waals surface area contributed by atoms with Crippen LogP contribution < -0.4 is 10.6 Å². The summed E-state index contributed by atoms with van der Waals surface area (Å²) in [5.41, 5.74) is 0. The molecule has 3 aliphatic rings. The molecule has 0 atom stereocenters. The zero-order valence-electron chi connectivity index (χ0n) is 12.9. The van der Waals surface area contributed by atoms with Crippen molar-refractivity contribution in [1.29, 1.82) is 0 Å². The van der Waals surface area contributed by atoms with Gasteiger partial charge in [0.25, 0.3) is 0 Å². The molecular formula is C16H31N3O. The molecule has 0 aromatic heterocycles. The molecule has 3 fully saturated rings. The average Bonchev–Trinajstić information content (AvgIpc) is 2.45. The average molecular weight is 281 g/mol. The Morgan fingerprint density at radius 1 is 1.05 bits per heavy atom. The van der Waals surface area contributed by atoms with Crippen molar-refractivity contribution in [3.8, 4) is 0 Å². The fourth-order valence-electron chi connectivity index (χ4n) is 3.94. The van der Waals surface area contributed by atoms with Crippen LogP contribution in [-0.2, 0) is 4.74 Å². The van der Waals surface area contributed by atoms with Crippen LogP contribution in [0.2, 0.25) is 0 Å². The van der Waals surface area contributed by atoms with E-state index in [1.807, 2.05) is 7.11 Å². The summed E-state index contributed by atoms with van der Waals surface area (Å²) in [6.45, 7) is 6.38. The zero-order chi connectivity index (χ0) is 13.8. The summed E-state index contributed by atoms with van der Waals surface area (Å²) in [7, 11) is 1.83. The quantitative estimate of drug-likeness (QED) is 0.794. The summed E-state index contributed by atoms with van der Waals surface area (Å²) in [5, 5.41) is 7.29. The predicted molar refractivity (Wildman–Crippen MR) is 82.0 cm³/mol. The maximum Gasteiger partial charge on any atom is 0.0601 e. The highest BCUT2D eigenvalue weighted by atomic mass is 16.5. The number of rotatable bonds is 5. The number of likely N-dealkylation sites (tertiary alicyclic amines) is 1. The summed E-state index contributed by atoms with van der Waals surface area (Å²) in [5.74, 6) is 0.940. The maximum absolute atomic E-state index is 5.35. The van der Waals surface area contributed by atoms with Gasteiger partial charge in [-0.3, -0.25) is 0 Å². The molecule has 4 nitrogen and oxygen atoms in total. The number of piperidine rings is 2. The lowest BCUT2D eigenvalue weighted by atomic mass is 9.87. The minimum Gasteiger partial charge on any atom is -0.381 e. The van der Waals surface area contributed by atoms with Gasteiger partial charge in [0.1, 0.15) is 0 Å². The first kappa shape index (κ1) is 14.8. The second kappa shape index (κ2) is 7.21. The van der Waals surface area contributed by atoms with Crippen LogP contribution in [0.3, 0.4) is 0 Å². The molecule has 0 amide bonds. The smallest absolute Gasteiger partial charge is 0.0601 e. The van der Waals surface area contributed by atoms with Crippen LogP contribution in [0.15, 0.2) is 0 Å². The summed E-state index contributed by atoms with van der Waals surface area (Å²) in [6.07, 6.45) is 8.36. The molecule has 2 aliphatic heterocycles. The fourth-order valence-corrected chi connectivity index (χ4v) is 3.94. The molecule has 0 radical (unpaired) electrons. The van der Waals surface area contributed by atoms with Crippen LogP contribution in [0, 0.1) is 5.92 Å². The Hall–Kier alpha value is -0.160. The van der Waals surface area contributed by atoms with Gasteiger partial charge in [0, 0.05) is 25.7 Å². The van der Waals surface area contributed by atoms with Gasteiger partial charge in [-0.05, 0) is 70.6 Å². The summed E-state index contributed by atoms with van der Waals surface area (Å²) in [4.78, 5) is 2.70. The molecule has 2 N–H and O–H groups in total. The van der Waals surface area contributed by atoms with Crippen LogP contribution >= 0.6 is 0 Å². The molecule has 0 unspecified atom stereocenters. The van der Waals surface area contributed by atoms with E-state index in [1.165, 1.54) is 71.2 Å². The van der Waals surface area contributed by atoms with E-state index in [9.17, 15) is 0 Å². The summed E-state index contributed by atoms with van der Waals surface area (Å²) < 4.78 is 5.35. The Labute approximate surface area is 123 Å². The van der Waals surface area contributed by atoms with Crippen molar-refractivity contribution in [2.75, 3.05) is 39.8 Å². The maximum atomic E-state index is 5.35. The Kier molecular flexibility index (Phi) is 5.32. The van der Waals surface area contributed by atoms with Crippen LogP contribution in [0.5, 0.6) is 0 Å². The zero-order valence-corrected chi connectivity index (χ0v) is 12.9. The SMILES string of the molecule is COC1CC(NC2CCN(CC3CCNCC3)CC2)C1. The van der Waals surface area contributed by atoms with E-state index >= 15 is 0 Å². The van der Waals surface area contributed by atoms with Crippen molar-refractivity contribution in [2.45, 2.75) is 56.7 Å². The normalized spacial score (nSPS) is 34.0. The Morgan fingerprint density at radius 2 is 1.75 bits per heavy atom. The lowest BCUT2D eigenvalue weighted by Crippen LogP contribution is -2.52. The van der Waals surface area contributed by atoms with E-state index in [-0.39, 0.29) is 0 Å². The van der Waals surface area contributed by atoms with Gasteiger partial charge in [0.05, 0.1) is 6.10 Å². The van der Waals surface area contributed by atoms with E-state index in [1.54, 1.807) is 0 Å². The molecule has 1 aliphatic carbocycles. The van der Waals surface area contributed by atoms with Gasteiger partial charge in [-0.1, -0.05) is 0 Å². The first-order valence-electron chi connectivity index (χ1n) is 8.55. The van der Waals surface area contributed by atoms with Crippen molar-refractivity contribution in [3.63, 3.8) is 0 Å². The van der Waals surface area contributed by atoms with E-state index in [0.717, 1.165) is 18.0 Å². The molecular weight excluding hydrogens is 250 g/mol. The topological polar surface area (TPSA) is 36.5 Å². The molecule has 3 rings (SSSR count). The number of ether oxygens (including phenoxy) is 1. The van der Waals surface area contributed by atoms with Crippen LogP contribution in [0.25, 0.3) is 0 Å². The molecule has 0 aromatic carbocycles. The van der Waals surface area contributed by atoms with Crippen molar-refractivity contribution in [1.82, 2.24) is 15.5 Å². The van der Waals surface area contributed by atoms with Gasteiger partial charge >= 0.3 is 0 Å². The minimum absolute atomic E-state index is 0.521. The second-order valence-corrected chi connectivity index (χ2v) is 6.96. The van der Waals surface area contributed by atoms with E-state index in [0.29, 0.717) is 6.10 Å². The van der Waals surface area contributed by atoms with Gasteiger partial charge < -0.3 is 20.3 Å². The Bertz CT molecular complexity index is 279. The standard InChI is InChI=1S/C16H31N3O/c1-20-16-10-15(11-16)18-14-4-8-19(9-5-14)12-13-2-6-17-7-3-13/h13-18H,2-12H2,1H3. The van der Waals surface area contributed by atoms with Crippen molar-refractivity contribution < 1.29 is 4.74 Å². The largest absolute Gasteiger partial charge is 0.381 e. The minimum atomic E-state index is 0.521. The Morgan fingerprint density at radius 3 is 2.40 bits per heavy atom. The third-order valence-corrected chi connectivity index (χ3v) is 5.46. The predicted octanol–water partition coefficient (Wildman–Crippen LogP) is 1.22. The van der Waals surface area contributed by atoms with Gasteiger partial charge in [0.2, 0.25) is 0 Å². The number of hydrogen-bond acceptors (Lipinski definition) is 4. The van der Waals surface area contributed by atoms with Gasteiger partial charge in [-0.2, -0.15) is 0 Å². The molecule has 20 heavy (non-hydrogen) atoms. The highest BCUT2D eigenvalue weighted by molar-refractivity contribution is 4.90. The molecule has 0 spiro atoms. The summed E-state index contributed by atoms with van der Waals surface area (Å²) in [6, 6.07) is 1.47. The van der Waals surface area contributed by atoms with E-state index in [2.05, 4.69) is 15.5 Å². The van der Waals surface area contributed by atoms with Gasteiger partial charge in [0.15, 0.2) is 0 Å². The number of nitrogens with zero attached hydrogens (tertiary/aromatic N) is 1. The third kappa shape index (κ3) is 3.94. The van der Waals surface area contributed by atoms with Crippen molar-refractivity contribution >= 4 is 0 Å². The molecule has 2 heterocycles. The molecule has 0 aromatic rings. The number of nitrogens with one attached hydrogen (secondary N) is 2. The van der Waals surface area contributed by atoms with E-state index < -0.39 is 0 Å². The second-order valence-electron chi connectivity index (χ2n) is 6.96. The molecule has 0 bridgehead atoms. The van der Waals surface area contributed by atoms with Gasteiger partial charge in [-0.25, -0.2) is 0 Å². The van der Waals surface area contributed by atoms with Crippen molar-refractivity contribution in [2.24, 2.45) is 5.92 Å².